The zero-order valence-electron chi connectivity index (χ0n) is 12.4. The highest BCUT2D eigenvalue weighted by Crippen LogP contribution is 2.22. The molecule has 1 N–H and O–H groups in total. The van der Waals surface area contributed by atoms with Gasteiger partial charge in [0.05, 0.1) is 17.4 Å². The predicted octanol–water partition coefficient (Wildman–Crippen LogP) is 1.75. The largest absolute Gasteiger partial charge is 0.309 e. The standard InChI is InChI=1S/C15H20N6/c1-3-7-16-14(9-12-11-20(2)19-18-12)13-10-17-21-8-5-4-6-15(13)21/h4-6,8,10-11,14,16H,3,7,9H2,1-2H3. The van der Waals surface area contributed by atoms with Crippen molar-refractivity contribution in [3.05, 3.63) is 48.0 Å². The number of hydrogen-bond donors (Lipinski definition) is 1. The van der Waals surface area contributed by atoms with Gasteiger partial charge in [0, 0.05) is 37.5 Å². The van der Waals surface area contributed by atoms with Gasteiger partial charge in [0.25, 0.3) is 0 Å². The molecule has 3 rings (SSSR count). The van der Waals surface area contributed by atoms with Gasteiger partial charge in [-0.1, -0.05) is 18.2 Å². The van der Waals surface area contributed by atoms with Crippen LogP contribution in [0.25, 0.3) is 5.52 Å². The summed E-state index contributed by atoms with van der Waals surface area (Å²) in [5, 5.41) is 16.2. The van der Waals surface area contributed by atoms with E-state index in [1.807, 2.05) is 42.3 Å². The minimum atomic E-state index is 0.196. The summed E-state index contributed by atoms with van der Waals surface area (Å²) >= 11 is 0. The molecule has 0 bridgehead atoms. The lowest BCUT2D eigenvalue weighted by atomic mass is 10.0. The lowest BCUT2D eigenvalue weighted by Crippen LogP contribution is -2.24. The van der Waals surface area contributed by atoms with Crippen molar-refractivity contribution in [2.24, 2.45) is 7.05 Å². The SMILES string of the molecule is CCCNC(Cc1cn(C)nn1)c1cnn2ccccc12. The number of aromatic nitrogens is 5. The fourth-order valence-electron chi connectivity index (χ4n) is 2.53. The summed E-state index contributed by atoms with van der Waals surface area (Å²) in [6.07, 6.45) is 7.78. The van der Waals surface area contributed by atoms with Crippen molar-refractivity contribution >= 4 is 5.52 Å². The third-order valence-electron chi connectivity index (χ3n) is 3.54. The molecular weight excluding hydrogens is 264 g/mol. The molecule has 0 aromatic carbocycles. The molecule has 0 aliphatic rings. The van der Waals surface area contributed by atoms with Crippen LogP contribution in [0.2, 0.25) is 0 Å². The molecule has 0 spiro atoms. The summed E-state index contributed by atoms with van der Waals surface area (Å²) in [5.41, 5.74) is 3.33. The van der Waals surface area contributed by atoms with Crippen LogP contribution < -0.4 is 5.32 Å². The van der Waals surface area contributed by atoms with Gasteiger partial charge in [-0.2, -0.15) is 5.10 Å². The van der Waals surface area contributed by atoms with Crippen LogP contribution in [0.15, 0.2) is 36.8 Å². The topological polar surface area (TPSA) is 60.0 Å². The highest BCUT2D eigenvalue weighted by atomic mass is 15.4. The molecule has 0 aliphatic carbocycles. The van der Waals surface area contributed by atoms with E-state index in [1.165, 1.54) is 5.56 Å². The Balaban J connectivity index is 1.91. The summed E-state index contributed by atoms with van der Waals surface area (Å²) in [6.45, 7) is 3.14. The summed E-state index contributed by atoms with van der Waals surface area (Å²) in [5.74, 6) is 0. The number of rotatable bonds is 6. The average Bonchev–Trinajstić information content (AvgIpc) is 3.09. The van der Waals surface area contributed by atoms with Gasteiger partial charge in [0.1, 0.15) is 0 Å². The van der Waals surface area contributed by atoms with Crippen molar-refractivity contribution in [2.75, 3.05) is 6.54 Å². The second-order valence-electron chi connectivity index (χ2n) is 5.22. The van der Waals surface area contributed by atoms with Crippen molar-refractivity contribution in [1.82, 2.24) is 29.9 Å². The molecule has 1 atom stereocenters. The van der Waals surface area contributed by atoms with Crippen molar-refractivity contribution in [3.63, 3.8) is 0 Å². The highest BCUT2D eigenvalue weighted by molar-refractivity contribution is 5.55. The fourth-order valence-corrected chi connectivity index (χ4v) is 2.53. The van der Waals surface area contributed by atoms with E-state index in [0.29, 0.717) is 0 Å². The Morgan fingerprint density at radius 1 is 1.33 bits per heavy atom. The van der Waals surface area contributed by atoms with Gasteiger partial charge in [-0.3, -0.25) is 4.68 Å². The lowest BCUT2D eigenvalue weighted by molar-refractivity contribution is 0.527. The van der Waals surface area contributed by atoms with Crippen LogP contribution in [0.3, 0.4) is 0 Å². The van der Waals surface area contributed by atoms with Crippen molar-refractivity contribution in [1.29, 1.82) is 0 Å². The van der Waals surface area contributed by atoms with E-state index >= 15 is 0 Å². The smallest absolute Gasteiger partial charge is 0.0846 e. The predicted molar refractivity (Wildman–Crippen MR) is 80.9 cm³/mol. The molecule has 0 saturated heterocycles. The number of hydrogen-bond acceptors (Lipinski definition) is 4. The maximum atomic E-state index is 4.43. The van der Waals surface area contributed by atoms with Crippen LogP contribution in [0.5, 0.6) is 0 Å². The van der Waals surface area contributed by atoms with Crippen molar-refractivity contribution in [2.45, 2.75) is 25.8 Å². The molecule has 21 heavy (non-hydrogen) atoms. The minimum Gasteiger partial charge on any atom is -0.309 e. The molecule has 1 unspecified atom stereocenters. The minimum absolute atomic E-state index is 0.196. The molecule has 6 nitrogen and oxygen atoms in total. The average molecular weight is 284 g/mol. The molecule has 0 saturated carbocycles. The van der Waals surface area contributed by atoms with E-state index in [1.54, 1.807) is 4.68 Å². The van der Waals surface area contributed by atoms with Crippen LogP contribution in [-0.4, -0.2) is 31.2 Å². The molecule has 3 aromatic heterocycles. The van der Waals surface area contributed by atoms with Crippen LogP contribution in [-0.2, 0) is 13.5 Å². The fraction of sp³-hybridized carbons (Fsp3) is 0.400. The van der Waals surface area contributed by atoms with Crippen molar-refractivity contribution in [3.8, 4) is 0 Å². The molecule has 0 fully saturated rings. The van der Waals surface area contributed by atoms with Crippen LogP contribution in [0.4, 0.5) is 0 Å². The second kappa shape index (κ2) is 6.05. The number of aryl methyl sites for hydroxylation is 1. The van der Waals surface area contributed by atoms with Gasteiger partial charge in [-0.25, -0.2) is 4.52 Å². The molecule has 3 heterocycles. The first kappa shape index (κ1) is 13.8. The van der Waals surface area contributed by atoms with Gasteiger partial charge >= 0.3 is 0 Å². The lowest BCUT2D eigenvalue weighted by Gasteiger charge is -2.16. The van der Waals surface area contributed by atoms with Gasteiger partial charge < -0.3 is 5.32 Å². The molecule has 0 amide bonds. The number of nitrogens with one attached hydrogen (secondary N) is 1. The maximum absolute atomic E-state index is 4.43. The Labute approximate surface area is 123 Å². The van der Waals surface area contributed by atoms with Gasteiger partial charge in [-0.15, -0.1) is 5.10 Å². The molecule has 0 radical (unpaired) electrons. The van der Waals surface area contributed by atoms with E-state index < -0.39 is 0 Å². The Hall–Kier alpha value is -2.21. The van der Waals surface area contributed by atoms with Gasteiger partial charge in [0.15, 0.2) is 0 Å². The number of pyridine rings is 1. The molecule has 6 heteroatoms. The van der Waals surface area contributed by atoms with Gasteiger partial charge in [0.2, 0.25) is 0 Å². The number of fused-ring (bicyclic) bond motifs is 1. The molecular formula is C15H20N6. The Morgan fingerprint density at radius 3 is 3.00 bits per heavy atom. The van der Waals surface area contributed by atoms with Gasteiger partial charge in [-0.05, 0) is 25.1 Å². The summed E-state index contributed by atoms with van der Waals surface area (Å²) in [4.78, 5) is 0. The first-order valence-corrected chi connectivity index (χ1v) is 7.28. The van der Waals surface area contributed by atoms with E-state index in [-0.39, 0.29) is 6.04 Å². The Bertz CT molecular complexity index is 714. The summed E-state index contributed by atoms with van der Waals surface area (Å²) < 4.78 is 3.65. The quantitative estimate of drug-likeness (QED) is 0.749. The van der Waals surface area contributed by atoms with E-state index in [4.69, 9.17) is 0 Å². The molecule has 0 aliphatic heterocycles. The third kappa shape index (κ3) is 2.95. The zero-order valence-corrected chi connectivity index (χ0v) is 12.4. The molecule has 110 valence electrons. The first-order valence-electron chi connectivity index (χ1n) is 7.28. The Morgan fingerprint density at radius 2 is 2.24 bits per heavy atom. The zero-order chi connectivity index (χ0) is 14.7. The van der Waals surface area contributed by atoms with Crippen molar-refractivity contribution < 1.29 is 0 Å². The third-order valence-corrected chi connectivity index (χ3v) is 3.54. The van der Waals surface area contributed by atoms with Crippen LogP contribution >= 0.6 is 0 Å². The van der Waals surface area contributed by atoms with Crippen LogP contribution in [0, 0.1) is 0 Å². The summed E-state index contributed by atoms with van der Waals surface area (Å²) in [7, 11) is 1.89. The maximum Gasteiger partial charge on any atom is 0.0846 e. The van der Waals surface area contributed by atoms with E-state index in [9.17, 15) is 0 Å². The Kier molecular flexibility index (Phi) is 3.96. The first-order chi connectivity index (χ1) is 10.3. The van der Waals surface area contributed by atoms with Crippen LogP contribution in [0.1, 0.15) is 30.6 Å². The number of nitrogens with zero attached hydrogens (tertiary/aromatic N) is 5. The summed E-state index contributed by atoms with van der Waals surface area (Å²) in [6, 6.07) is 6.32. The molecule has 3 aromatic rings. The van der Waals surface area contributed by atoms with E-state index in [0.717, 1.165) is 30.6 Å². The highest BCUT2D eigenvalue weighted by Gasteiger charge is 2.17. The second-order valence-corrected chi connectivity index (χ2v) is 5.22. The normalized spacial score (nSPS) is 12.9. The monoisotopic (exact) mass is 284 g/mol. The van der Waals surface area contributed by atoms with E-state index in [2.05, 4.69) is 33.7 Å².